The highest BCUT2D eigenvalue weighted by Crippen LogP contribution is 2.31. The second-order valence-electron chi connectivity index (χ2n) is 5.51. The van der Waals surface area contributed by atoms with Gasteiger partial charge in [-0.3, -0.25) is 9.78 Å². The van der Waals surface area contributed by atoms with Gasteiger partial charge in [0.05, 0.1) is 6.20 Å². The van der Waals surface area contributed by atoms with Gasteiger partial charge in [-0.2, -0.15) is 0 Å². The second-order valence-corrected chi connectivity index (χ2v) is 5.51. The van der Waals surface area contributed by atoms with Gasteiger partial charge in [-0.1, -0.05) is 6.07 Å². The van der Waals surface area contributed by atoms with Gasteiger partial charge in [-0.15, -0.1) is 0 Å². The van der Waals surface area contributed by atoms with Gasteiger partial charge >= 0.3 is 0 Å². The molecule has 3 rings (SSSR count). The van der Waals surface area contributed by atoms with Crippen LogP contribution < -0.4 is 16.4 Å². The van der Waals surface area contributed by atoms with Crippen LogP contribution in [0.25, 0.3) is 0 Å². The van der Waals surface area contributed by atoms with E-state index in [-0.39, 0.29) is 11.9 Å². The summed E-state index contributed by atoms with van der Waals surface area (Å²) in [6, 6.07) is 7.33. The molecule has 1 fully saturated rings. The number of hydrogen-bond donors (Lipinski definition) is 3. The molecule has 0 aliphatic heterocycles. The van der Waals surface area contributed by atoms with Crippen molar-refractivity contribution in [1.29, 1.82) is 0 Å². The highest BCUT2D eigenvalue weighted by atomic mass is 16.1. The van der Waals surface area contributed by atoms with Crippen LogP contribution in [0.15, 0.2) is 42.9 Å². The Morgan fingerprint density at radius 2 is 2.23 bits per heavy atom. The lowest BCUT2D eigenvalue weighted by atomic mass is 10.1. The molecule has 0 bridgehead atoms. The summed E-state index contributed by atoms with van der Waals surface area (Å²) in [5.74, 6) is 1.10. The lowest BCUT2D eigenvalue weighted by Gasteiger charge is -2.12. The van der Waals surface area contributed by atoms with Crippen LogP contribution in [-0.4, -0.2) is 28.5 Å². The van der Waals surface area contributed by atoms with E-state index in [1.54, 1.807) is 30.7 Å². The largest absolute Gasteiger partial charge is 0.350 e. The molecule has 22 heavy (non-hydrogen) atoms. The number of carbonyl (C=O) groups is 1. The number of aromatic nitrogens is 2. The Labute approximate surface area is 129 Å². The van der Waals surface area contributed by atoms with Crippen LogP contribution in [0.2, 0.25) is 0 Å². The number of nitrogens with two attached hydrogens (primary N) is 1. The molecule has 0 radical (unpaired) electrons. The molecular weight excluding hydrogens is 278 g/mol. The van der Waals surface area contributed by atoms with E-state index in [9.17, 15) is 4.79 Å². The van der Waals surface area contributed by atoms with Crippen molar-refractivity contribution in [2.75, 3.05) is 11.9 Å². The van der Waals surface area contributed by atoms with Crippen molar-refractivity contribution in [1.82, 2.24) is 15.3 Å². The van der Waals surface area contributed by atoms with Crippen LogP contribution in [0.1, 0.15) is 23.2 Å². The maximum Gasteiger partial charge on any atom is 0.251 e. The van der Waals surface area contributed by atoms with Gasteiger partial charge in [0.15, 0.2) is 0 Å². The van der Waals surface area contributed by atoms with Crippen LogP contribution in [-0.2, 0) is 0 Å². The summed E-state index contributed by atoms with van der Waals surface area (Å²) in [5, 5.41) is 6.01. The van der Waals surface area contributed by atoms with E-state index in [0.717, 1.165) is 5.69 Å². The predicted molar refractivity (Wildman–Crippen MR) is 84.8 cm³/mol. The number of anilines is 2. The molecule has 1 atom stereocenters. The van der Waals surface area contributed by atoms with Gasteiger partial charge in [-0.25, -0.2) is 4.98 Å². The molecule has 114 valence electrons. The Bertz CT molecular complexity index is 642. The third-order valence-corrected chi connectivity index (χ3v) is 3.69. The van der Waals surface area contributed by atoms with Crippen molar-refractivity contribution in [2.24, 2.45) is 11.7 Å². The maximum absolute atomic E-state index is 12.2. The van der Waals surface area contributed by atoms with Crippen LogP contribution in [0.4, 0.5) is 11.5 Å². The fourth-order valence-electron chi connectivity index (χ4n) is 2.25. The van der Waals surface area contributed by atoms with Gasteiger partial charge < -0.3 is 16.4 Å². The number of nitrogens with zero attached hydrogens (tertiary/aromatic N) is 2. The first-order chi connectivity index (χ1) is 10.7. The van der Waals surface area contributed by atoms with Gasteiger partial charge in [0, 0.05) is 36.2 Å². The topological polar surface area (TPSA) is 92.9 Å². The van der Waals surface area contributed by atoms with Crippen molar-refractivity contribution in [3.63, 3.8) is 0 Å². The van der Waals surface area contributed by atoms with Gasteiger partial charge in [0.1, 0.15) is 5.82 Å². The third-order valence-electron chi connectivity index (χ3n) is 3.69. The molecule has 0 spiro atoms. The van der Waals surface area contributed by atoms with E-state index in [2.05, 4.69) is 20.6 Å². The Hall–Kier alpha value is -2.47. The summed E-state index contributed by atoms with van der Waals surface area (Å²) in [6.07, 6.45) is 7.20. The maximum atomic E-state index is 12.2. The SMILES string of the molecule is NC(CNC(=O)c1cccc(Nc2cnccn2)c1)C1CC1. The van der Waals surface area contributed by atoms with E-state index in [0.29, 0.717) is 23.8 Å². The van der Waals surface area contributed by atoms with Crippen LogP contribution >= 0.6 is 0 Å². The van der Waals surface area contributed by atoms with Crippen molar-refractivity contribution in [3.05, 3.63) is 48.4 Å². The van der Waals surface area contributed by atoms with Crippen molar-refractivity contribution < 1.29 is 4.79 Å². The molecule has 1 amide bonds. The number of hydrogen-bond acceptors (Lipinski definition) is 5. The first-order valence-electron chi connectivity index (χ1n) is 7.39. The molecule has 0 saturated heterocycles. The molecule has 1 aliphatic rings. The zero-order valence-corrected chi connectivity index (χ0v) is 12.2. The normalized spacial score (nSPS) is 15.1. The second kappa shape index (κ2) is 6.53. The molecule has 4 N–H and O–H groups in total. The lowest BCUT2D eigenvalue weighted by molar-refractivity contribution is 0.0950. The Morgan fingerprint density at radius 1 is 1.36 bits per heavy atom. The summed E-state index contributed by atoms with van der Waals surface area (Å²) in [5.41, 5.74) is 7.38. The molecular formula is C16H19N5O. The zero-order chi connectivity index (χ0) is 15.4. The monoisotopic (exact) mass is 297 g/mol. The minimum Gasteiger partial charge on any atom is -0.350 e. The van der Waals surface area contributed by atoms with E-state index < -0.39 is 0 Å². The average Bonchev–Trinajstić information content (AvgIpc) is 3.38. The molecule has 1 heterocycles. The van der Waals surface area contributed by atoms with Crippen molar-refractivity contribution in [2.45, 2.75) is 18.9 Å². The predicted octanol–water partition coefficient (Wildman–Crippen LogP) is 1.69. The summed E-state index contributed by atoms with van der Waals surface area (Å²) in [7, 11) is 0. The first-order valence-corrected chi connectivity index (χ1v) is 7.39. The molecule has 1 aromatic carbocycles. The molecule has 1 unspecified atom stereocenters. The Kier molecular flexibility index (Phi) is 4.29. The van der Waals surface area contributed by atoms with Crippen molar-refractivity contribution >= 4 is 17.4 Å². The van der Waals surface area contributed by atoms with E-state index in [4.69, 9.17) is 5.73 Å². The molecule has 1 aromatic heterocycles. The molecule has 1 aliphatic carbocycles. The molecule has 6 nitrogen and oxygen atoms in total. The zero-order valence-electron chi connectivity index (χ0n) is 12.2. The summed E-state index contributed by atoms with van der Waals surface area (Å²) in [4.78, 5) is 20.3. The summed E-state index contributed by atoms with van der Waals surface area (Å²) < 4.78 is 0. The Morgan fingerprint density at radius 3 is 2.95 bits per heavy atom. The summed E-state index contributed by atoms with van der Waals surface area (Å²) in [6.45, 7) is 0.519. The number of benzene rings is 1. The number of carbonyl (C=O) groups excluding carboxylic acids is 1. The van der Waals surface area contributed by atoms with Gasteiger partial charge in [-0.05, 0) is 37.0 Å². The highest BCUT2D eigenvalue weighted by Gasteiger charge is 2.28. The van der Waals surface area contributed by atoms with Gasteiger partial charge in [0.25, 0.3) is 5.91 Å². The Balaban J connectivity index is 1.61. The van der Waals surface area contributed by atoms with Crippen molar-refractivity contribution in [3.8, 4) is 0 Å². The first kappa shape index (κ1) is 14.5. The fraction of sp³-hybridized carbons (Fsp3) is 0.312. The molecule has 6 heteroatoms. The molecule has 2 aromatic rings. The van der Waals surface area contributed by atoms with Gasteiger partial charge in [0.2, 0.25) is 0 Å². The smallest absolute Gasteiger partial charge is 0.251 e. The van der Waals surface area contributed by atoms with Crippen LogP contribution in [0.5, 0.6) is 0 Å². The quantitative estimate of drug-likeness (QED) is 0.754. The van der Waals surface area contributed by atoms with E-state index in [1.807, 2.05) is 12.1 Å². The molecule has 1 saturated carbocycles. The third kappa shape index (κ3) is 3.79. The number of rotatable bonds is 6. The fourth-order valence-corrected chi connectivity index (χ4v) is 2.25. The lowest BCUT2D eigenvalue weighted by Crippen LogP contribution is -2.38. The van der Waals surface area contributed by atoms with E-state index >= 15 is 0 Å². The minimum atomic E-state index is -0.112. The minimum absolute atomic E-state index is 0.0600. The summed E-state index contributed by atoms with van der Waals surface area (Å²) >= 11 is 0. The standard InChI is InChI=1S/C16H19N5O/c17-14(11-4-5-11)9-20-16(22)12-2-1-3-13(8-12)21-15-10-18-6-7-19-15/h1-3,6-8,10-11,14H,4-5,9,17H2,(H,19,21)(H,20,22). The average molecular weight is 297 g/mol. The van der Waals surface area contributed by atoms with E-state index in [1.165, 1.54) is 12.8 Å². The van der Waals surface area contributed by atoms with Crippen LogP contribution in [0, 0.1) is 5.92 Å². The number of nitrogens with one attached hydrogen (secondary N) is 2. The number of amides is 1. The van der Waals surface area contributed by atoms with Crippen LogP contribution in [0.3, 0.4) is 0 Å². The highest BCUT2D eigenvalue weighted by molar-refractivity contribution is 5.95.